The monoisotopic (exact) mass is 466 g/mol. The summed E-state index contributed by atoms with van der Waals surface area (Å²) < 4.78 is 0. The van der Waals surface area contributed by atoms with E-state index in [0.29, 0.717) is 16.5 Å². The zero-order valence-corrected chi connectivity index (χ0v) is 19.9. The van der Waals surface area contributed by atoms with Gasteiger partial charge in [-0.05, 0) is 54.8 Å². The van der Waals surface area contributed by atoms with Gasteiger partial charge in [0, 0.05) is 18.5 Å². The molecule has 4 rings (SSSR count). The Morgan fingerprint density at radius 3 is 2.47 bits per heavy atom. The molecule has 0 bridgehead atoms. The number of carbonyl (C=O) groups excluding carboxylic acids is 1. The molecule has 1 amide bonds. The van der Waals surface area contributed by atoms with Crippen molar-refractivity contribution >= 4 is 41.5 Å². The Hall–Kier alpha value is -1.26. The average molecular weight is 468 g/mol. The van der Waals surface area contributed by atoms with E-state index in [9.17, 15) is 4.79 Å². The molecule has 0 radical (unpaired) electrons. The van der Waals surface area contributed by atoms with E-state index in [0.717, 1.165) is 31.7 Å². The highest BCUT2D eigenvalue weighted by Crippen LogP contribution is 2.40. The molecule has 2 aliphatic heterocycles. The van der Waals surface area contributed by atoms with Crippen LogP contribution in [0.25, 0.3) is 0 Å². The molecule has 1 fully saturated rings. The molecule has 2 aromatic rings. The van der Waals surface area contributed by atoms with Gasteiger partial charge in [0.05, 0.1) is 22.5 Å². The van der Waals surface area contributed by atoms with E-state index in [1.807, 2.05) is 6.07 Å². The number of hydrogen-bond acceptors (Lipinski definition) is 2. The van der Waals surface area contributed by atoms with E-state index < -0.39 is 0 Å². The Bertz CT molecular complexity index is 909. The minimum atomic E-state index is -0.0780. The smallest absolute Gasteiger partial charge is 0.227 e. The van der Waals surface area contributed by atoms with E-state index in [1.165, 1.54) is 24.0 Å². The zero-order valence-electron chi connectivity index (χ0n) is 17.5. The number of benzene rings is 2. The van der Waals surface area contributed by atoms with Crippen molar-refractivity contribution in [1.29, 1.82) is 0 Å². The van der Waals surface area contributed by atoms with Gasteiger partial charge < -0.3 is 9.80 Å². The lowest BCUT2D eigenvalue weighted by Gasteiger charge is -2.46. The van der Waals surface area contributed by atoms with Gasteiger partial charge in [0.25, 0.3) is 0 Å². The van der Waals surface area contributed by atoms with Crippen LogP contribution in [0.15, 0.2) is 42.5 Å². The van der Waals surface area contributed by atoms with E-state index in [2.05, 4.69) is 47.9 Å². The minimum Gasteiger partial charge on any atom is -0.333 e. The summed E-state index contributed by atoms with van der Waals surface area (Å²) in [5.74, 6) is 0.148. The molecule has 0 spiro atoms. The average Bonchev–Trinajstić information content (AvgIpc) is 3.20. The van der Waals surface area contributed by atoms with E-state index >= 15 is 0 Å². The van der Waals surface area contributed by atoms with Crippen molar-refractivity contribution in [3.8, 4) is 0 Å². The molecule has 162 valence electrons. The molecule has 6 heteroatoms. The van der Waals surface area contributed by atoms with Crippen LogP contribution in [0.1, 0.15) is 49.4 Å². The Kier molecular flexibility index (Phi) is 7.40. The van der Waals surface area contributed by atoms with Crippen molar-refractivity contribution in [2.24, 2.45) is 0 Å². The number of halogens is 3. The first-order valence-corrected chi connectivity index (χ1v) is 11.2. The Morgan fingerprint density at radius 1 is 1.07 bits per heavy atom. The van der Waals surface area contributed by atoms with Gasteiger partial charge in [0.1, 0.15) is 0 Å². The molecule has 3 nitrogen and oxygen atoms in total. The minimum absolute atomic E-state index is 0. The summed E-state index contributed by atoms with van der Waals surface area (Å²) in [4.78, 5) is 18.1. The normalized spacial score (nSPS) is 20.5. The summed E-state index contributed by atoms with van der Waals surface area (Å²) >= 11 is 12.2. The second-order valence-electron chi connectivity index (χ2n) is 8.94. The molecule has 1 atom stereocenters. The molecule has 1 unspecified atom stereocenters. The van der Waals surface area contributed by atoms with Crippen LogP contribution in [0.2, 0.25) is 10.0 Å². The van der Waals surface area contributed by atoms with E-state index in [1.54, 1.807) is 12.1 Å². The van der Waals surface area contributed by atoms with Gasteiger partial charge in [0.2, 0.25) is 5.91 Å². The van der Waals surface area contributed by atoms with Crippen LogP contribution >= 0.6 is 35.6 Å². The third kappa shape index (κ3) is 4.80. The zero-order chi connectivity index (χ0) is 20.6. The first-order valence-electron chi connectivity index (χ1n) is 10.4. The van der Waals surface area contributed by atoms with Crippen molar-refractivity contribution in [3.05, 3.63) is 69.2 Å². The maximum atomic E-state index is 13.5. The van der Waals surface area contributed by atoms with Crippen LogP contribution in [-0.4, -0.2) is 41.9 Å². The Morgan fingerprint density at radius 2 is 1.77 bits per heavy atom. The highest BCUT2D eigenvalue weighted by atomic mass is 35.5. The van der Waals surface area contributed by atoms with Crippen molar-refractivity contribution in [1.82, 2.24) is 9.80 Å². The highest BCUT2D eigenvalue weighted by molar-refractivity contribution is 6.42. The fourth-order valence-electron chi connectivity index (χ4n) is 4.79. The summed E-state index contributed by atoms with van der Waals surface area (Å²) in [6.45, 7) is 8.34. The summed E-state index contributed by atoms with van der Waals surface area (Å²) in [6.07, 6.45) is 2.83. The maximum Gasteiger partial charge on any atom is 0.227 e. The number of rotatable bonds is 4. The summed E-state index contributed by atoms with van der Waals surface area (Å²) in [7, 11) is 0. The molecule has 2 heterocycles. The molecular weight excluding hydrogens is 439 g/mol. The largest absolute Gasteiger partial charge is 0.333 e. The van der Waals surface area contributed by atoms with Crippen LogP contribution in [0, 0.1) is 0 Å². The number of fused-ring (bicyclic) bond motifs is 1. The third-order valence-corrected chi connectivity index (χ3v) is 7.02. The quantitative estimate of drug-likeness (QED) is 0.557. The Labute approximate surface area is 195 Å². The second-order valence-corrected chi connectivity index (χ2v) is 9.76. The van der Waals surface area contributed by atoms with Gasteiger partial charge >= 0.3 is 0 Å². The van der Waals surface area contributed by atoms with Gasteiger partial charge in [-0.25, -0.2) is 0 Å². The summed E-state index contributed by atoms with van der Waals surface area (Å²) in [5, 5.41) is 1.01. The van der Waals surface area contributed by atoms with Crippen molar-refractivity contribution in [3.63, 3.8) is 0 Å². The highest BCUT2D eigenvalue weighted by Gasteiger charge is 2.40. The molecular formula is C24H29Cl3N2O. The third-order valence-electron chi connectivity index (χ3n) is 6.28. The van der Waals surface area contributed by atoms with Crippen LogP contribution in [0.4, 0.5) is 0 Å². The van der Waals surface area contributed by atoms with Crippen molar-refractivity contribution in [2.75, 3.05) is 26.2 Å². The fraction of sp³-hybridized carbons (Fsp3) is 0.458. The topological polar surface area (TPSA) is 23.6 Å². The molecule has 0 aromatic heterocycles. The lowest BCUT2D eigenvalue weighted by atomic mass is 9.75. The first-order chi connectivity index (χ1) is 13.8. The van der Waals surface area contributed by atoms with Crippen LogP contribution in [-0.2, 0) is 16.6 Å². The molecule has 30 heavy (non-hydrogen) atoms. The van der Waals surface area contributed by atoms with Crippen LogP contribution in [0.5, 0.6) is 0 Å². The predicted octanol–water partition coefficient (Wildman–Crippen LogP) is 5.91. The summed E-state index contributed by atoms with van der Waals surface area (Å²) in [5.41, 5.74) is 3.48. The molecule has 2 aromatic carbocycles. The lowest BCUT2D eigenvalue weighted by molar-refractivity contribution is -0.135. The van der Waals surface area contributed by atoms with Crippen LogP contribution < -0.4 is 0 Å². The van der Waals surface area contributed by atoms with Crippen LogP contribution in [0.3, 0.4) is 0 Å². The molecule has 1 saturated heterocycles. The van der Waals surface area contributed by atoms with Gasteiger partial charge in [-0.15, -0.1) is 12.4 Å². The lowest BCUT2D eigenvalue weighted by Crippen LogP contribution is -2.51. The SMILES string of the molecule is CC1(C)CN(C(=O)Cc2ccc(Cl)c(Cl)c2)C(CN2CCCC2)c2ccccc21.Cl. The maximum absolute atomic E-state index is 13.5. The molecule has 0 saturated carbocycles. The van der Waals surface area contributed by atoms with Gasteiger partial charge in [-0.2, -0.15) is 0 Å². The number of hydrogen-bond donors (Lipinski definition) is 0. The van der Waals surface area contributed by atoms with E-state index in [-0.39, 0.29) is 29.8 Å². The Balaban J connectivity index is 0.00000256. The van der Waals surface area contributed by atoms with Gasteiger partial charge in [-0.3, -0.25) is 4.79 Å². The molecule has 0 aliphatic carbocycles. The fourth-order valence-corrected chi connectivity index (χ4v) is 5.11. The van der Waals surface area contributed by atoms with Crippen molar-refractivity contribution < 1.29 is 4.79 Å². The number of amides is 1. The molecule has 0 N–H and O–H groups in total. The number of likely N-dealkylation sites (tertiary alicyclic amines) is 1. The number of carbonyl (C=O) groups is 1. The van der Waals surface area contributed by atoms with E-state index in [4.69, 9.17) is 23.2 Å². The number of nitrogens with zero attached hydrogens (tertiary/aromatic N) is 2. The van der Waals surface area contributed by atoms with Gasteiger partial charge in [0.15, 0.2) is 0 Å². The predicted molar refractivity (Wildman–Crippen MR) is 127 cm³/mol. The first kappa shape index (κ1) is 23.4. The van der Waals surface area contributed by atoms with Crippen molar-refractivity contribution in [2.45, 2.75) is 44.6 Å². The second kappa shape index (κ2) is 9.48. The van der Waals surface area contributed by atoms with Gasteiger partial charge in [-0.1, -0.05) is 67.4 Å². The summed E-state index contributed by atoms with van der Waals surface area (Å²) in [6, 6.07) is 14.2. The molecule has 2 aliphatic rings. The standard InChI is InChI=1S/C24H28Cl2N2O.ClH/c1-24(2)16-28(23(29)14-17-9-10-20(25)21(26)13-17)22(15-27-11-5-6-12-27)18-7-3-4-8-19(18)24;/h3-4,7-10,13,22H,5-6,11-12,14-16H2,1-2H3;1H.